The minimum absolute atomic E-state index is 0.274. The summed E-state index contributed by atoms with van der Waals surface area (Å²) in [6.07, 6.45) is 7.07. The number of imidazole rings is 1. The standard InChI is InChI=1S/C20H29N5O2/c1-15-7-8-17(20(26)27)19(22-15)25-11-4-6-16(14-25)18-21-9-13-24(18)12-5-10-23(2)3/h7-9,13,16H,4-6,10-12,14H2,1-3H3,(H,26,27). The summed E-state index contributed by atoms with van der Waals surface area (Å²) in [7, 11) is 4.17. The van der Waals surface area contributed by atoms with Gasteiger partial charge in [-0.2, -0.15) is 0 Å². The molecule has 0 amide bonds. The van der Waals surface area contributed by atoms with Crippen molar-refractivity contribution in [2.75, 3.05) is 38.6 Å². The largest absolute Gasteiger partial charge is 0.478 e. The number of hydrogen-bond acceptors (Lipinski definition) is 5. The predicted octanol–water partition coefficient (Wildman–Crippen LogP) is 2.62. The lowest BCUT2D eigenvalue weighted by Crippen LogP contribution is -2.37. The molecule has 1 atom stereocenters. The quantitative estimate of drug-likeness (QED) is 0.806. The van der Waals surface area contributed by atoms with E-state index in [0.29, 0.717) is 5.82 Å². The van der Waals surface area contributed by atoms with Crippen LogP contribution < -0.4 is 4.90 Å². The van der Waals surface area contributed by atoms with Crippen molar-refractivity contribution in [3.8, 4) is 0 Å². The van der Waals surface area contributed by atoms with Crippen LogP contribution >= 0.6 is 0 Å². The summed E-state index contributed by atoms with van der Waals surface area (Å²) in [5, 5.41) is 9.54. The Labute approximate surface area is 160 Å². The summed E-state index contributed by atoms with van der Waals surface area (Å²) in [5.74, 6) is 1.04. The second-order valence-electron chi connectivity index (χ2n) is 7.55. The van der Waals surface area contributed by atoms with Crippen LogP contribution in [0.15, 0.2) is 24.5 Å². The number of aromatic carboxylic acids is 1. The molecule has 1 aliphatic heterocycles. The zero-order valence-corrected chi connectivity index (χ0v) is 16.4. The van der Waals surface area contributed by atoms with Crippen LogP contribution in [-0.4, -0.2) is 64.2 Å². The summed E-state index contributed by atoms with van der Waals surface area (Å²) in [6, 6.07) is 3.41. The van der Waals surface area contributed by atoms with Crippen molar-refractivity contribution in [2.24, 2.45) is 0 Å². The maximum absolute atomic E-state index is 11.6. The third-order valence-corrected chi connectivity index (χ3v) is 5.08. The van der Waals surface area contributed by atoms with E-state index in [1.807, 2.05) is 13.1 Å². The van der Waals surface area contributed by atoms with Crippen molar-refractivity contribution in [3.63, 3.8) is 0 Å². The van der Waals surface area contributed by atoms with Crippen molar-refractivity contribution in [1.82, 2.24) is 19.4 Å². The van der Waals surface area contributed by atoms with Crippen molar-refractivity contribution in [2.45, 2.75) is 38.6 Å². The summed E-state index contributed by atoms with van der Waals surface area (Å²) in [4.78, 5) is 25.1. The van der Waals surface area contributed by atoms with Gasteiger partial charge in [0.05, 0.1) is 0 Å². The Kier molecular flexibility index (Phi) is 6.11. The molecular formula is C20H29N5O2. The second-order valence-corrected chi connectivity index (χ2v) is 7.55. The average Bonchev–Trinajstić information content (AvgIpc) is 3.09. The van der Waals surface area contributed by atoms with Crippen LogP contribution in [0.3, 0.4) is 0 Å². The van der Waals surface area contributed by atoms with E-state index in [4.69, 9.17) is 0 Å². The SMILES string of the molecule is Cc1ccc(C(=O)O)c(N2CCCC(c3nccn3CCCN(C)C)C2)n1. The van der Waals surface area contributed by atoms with E-state index in [1.54, 1.807) is 12.1 Å². The molecule has 0 aliphatic carbocycles. The molecule has 3 heterocycles. The van der Waals surface area contributed by atoms with Gasteiger partial charge in [0.25, 0.3) is 0 Å². The second kappa shape index (κ2) is 8.52. The number of piperidine rings is 1. The highest BCUT2D eigenvalue weighted by Gasteiger charge is 2.28. The van der Waals surface area contributed by atoms with Crippen molar-refractivity contribution in [3.05, 3.63) is 41.6 Å². The third-order valence-electron chi connectivity index (χ3n) is 5.08. The highest BCUT2D eigenvalue weighted by Crippen LogP contribution is 2.30. The Morgan fingerprint density at radius 2 is 2.19 bits per heavy atom. The number of aryl methyl sites for hydroxylation is 2. The Hall–Kier alpha value is -2.41. The van der Waals surface area contributed by atoms with Gasteiger partial charge in [0, 0.05) is 43.6 Å². The number of hydrogen-bond donors (Lipinski definition) is 1. The Morgan fingerprint density at radius 3 is 2.93 bits per heavy atom. The number of carbonyl (C=O) groups is 1. The highest BCUT2D eigenvalue weighted by atomic mass is 16.4. The van der Waals surface area contributed by atoms with Crippen LogP contribution in [0.4, 0.5) is 5.82 Å². The van der Waals surface area contributed by atoms with E-state index < -0.39 is 5.97 Å². The van der Waals surface area contributed by atoms with E-state index in [1.165, 1.54) is 0 Å². The molecule has 0 aromatic carbocycles. The fourth-order valence-corrected chi connectivity index (χ4v) is 3.76. The lowest BCUT2D eigenvalue weighted by molar-refractivity contribution is 0.0697. The Morgan fingerprint density at radius 1 is 1.37 bits per heavy atom. The smallest absolute Gasteiger partial charge is 0.339 e. The number of carboxylic acids is 1. The summed E-state index contributed by atoms with van der Waals surface area (Å²) >= 11 is 0. The normalized spacial score (nSPS) is 17.5. The molecule has 7 heteroatoms. The zero-order chi connectivity index (χ0) is 19.4. The molecule has 0 bridgehead atoms. The monoisotopic (exact) mass is 371 g/mol. The number of aromatic nitrogens is 3. The molecule has 0 radical (unpaired) electrons. The number of rotatable bonds is 7. The zero-order valence-electron chi connectivity index (χ0n) is 16.4. The first kappa shape index (κ1) is 19.4. The topological polar surface area (TPSA) is 74.5 Å². The van der Waals surface area contributed by atoms with Crippen LogP contribution in [-0.2, 0) is 6.54 Å². The van der Waals surface area contributed by atoms with Gasteiger partial charge in [0.2, 0.25) is 0 Å². The van der Waals surface area contributed by atoms with Gasteiger partial charge < -0.3 is 19.5 Å². The lowest BCUT2D eigenvalue weighted by atomic mass is 9.96. The third kappa shape index (κ3) is 4.66. The van der Waals surface area contributed by atoms with Crippen LogP contribution in [0.25, 0.3) is 0 Å². The van der Waals surface area contributed by atoms with Gasteiger partial charge in [-0.1, -0.05) is 0 Å². The van der Waals surface area contributed by atoms with E-state index in [-0.39, 0.29) is 11.5 Å². The molecular weight excluding hydrogens is 342 g/mol. The first-order valence-corrected chi connectivity index (χ1v) is 9.57. The van der Waals surface area contributed by atoms with Crippen molar-refractivity contribution in [1.29, 1.82) is 0 Å². The minimum Gasteiger partial charge on any atom is -0.478 e. The van der Waals surface area contributed by atoms with Gasteiger partial charge in [0.1, 0.15) is 17.2 Å². The molecule has 0 saturated carbocycles. The van der Waals surface area contributed by atoms with E-state index in [0.717, 1.165) is 57.0 Å². The van der Waals surface area contributed by atoms with Gasteiger partial charge in [-0.05, 0) is 59.0 Å². The fourth-order valence-electron chi connectivity index (χ4n) is 3.76. The molecule has 7 nitrogen and oxygen atoms in total. The lowest BCUT2D eigenvalue weighted by Gasteiger charge is -2.34. The molecule has 1 fully saturated rings. The van der Waals surface area contributed by atoms with Crippen LogP contribution in [0.1, 0.15) is 47.1 Å². The molecule has 2 aromatic heterocycles. The first-order chi connectivity index (χ1) is 13.0. The number of nitrogens with zero attached hydrogens (tertiary/aromatic N) is 5. The fraction of sp³-hybridized carbons (Fsp3) is 0.550. The van der Waals surface area contributed by atoms with Gasteiger partial charge >= 0.3 is 5.97 Å². The molecule has 1 saturated heterocycles. The molecule has 1 N–H and O–H groups in total. The maximum Gasteiger partial charge on any atom is 0.339 e. The number of pyridine rings is 1. The molecule has 2 aromatic rings. The number of anilines is 1. The minimum atomic E-state index is -0.926. The molecule has 3 rings (SSSR count). The molecule has 27 heavy (non-hydrogen) atoms. The molecule has 1 aliphatic rings. The number of carboxylic acid groups (broad SMARTS) is 1. The summed E-state index contributed by atoms with van der Waals surface area (Å²) < 4.78 is 2.25. The van der Waals surface area contributed by atoms with Gasteiger partial charge in [-0.3, -0.25) is 0 Å². The summed E-state index contributed by atoms with van der Waals surface area (Å²) in [5.41, 5.74) is 1.11. The van der Waals surface area contributed by atoms with Gasteiger partial charge in [0.15, 0.2) is 0 Å². The van der Waals surface area contributed by atoms with Crippen molar-refractivity contribution < 1.29 is 9.90 Å². The Bertz CT molecular complexity index is 786. The average molecular weight is 371 g/mol. The molecule has 1 unspecified atom stereocenters. The Balaban J connectivity index is 1.77. The highest BCUT2D eigenvalue weighted by molar-refractivity contribution is 5.93. The molecule has 146 valence electrons. The van der Waals surface area contributed by atoms with E-state index in [2.05, 4.69) is 44.6 Å². The predicted molar refractivity (Wildman–Crippen MR) is 106 cm³/mol. The van der Waals surface area contributed by atoms with Crippen LogP contribution in [0.5, 0.6) is 0 Å². The maximum atomic E-state index is 11.6. The summed E-state index contributed by atoms with van der Waals surface area (Å²) in [6.45, 7) is 5.47. The van der Waals surface area contributed by atoms with Crippen LogP contribution in [0.2, 0.25) is 0 Å². The van der Waals surface area contributed by atoms with Crippen LogP contribution in [0, 0.1) is 6.92 Å². The molecule has 0 spiro atoms. The first-order valence-electron chi connectivity index (χ1n) is 9.57. The van der Waals surface area contributed by atoms with E-state index >= 15 is 0 Å². The van der Waals surface area contributed by atoms with Crippen molar-refractivity contribution >= 4 is 11.8 Å². The van der Waals surface area contributed by atoms with Gasteiger partial charge in [-0.15, -0.1) is 0 Å². The van der Waals surface area contributed by atoms with E-state index in [9.17, 15) is 9.90 Å². The van der Waals surface area contributed by atoms with Gasteiger partial charge in [-0.25, -0.2) is 14.8 Å².